The Labute approximate surface area is 124 Å². The van der Waals surface area contributed by atoms with Gasteiger partial charge in [0.1, 0.15) is 0 Å². The van der Waals surface area contributed by atoms with Gasteiger partial charge >= 0.3 is 0 Å². The first-order valence-corrected chi connectivity index (χ1v) is 7.21. The van der Waals surface area contributed by atoms with E-state index in [0.29, 0.717) is 6.54 Å². The normalized spacial score (nSPS) is 18.3. The molecule has 5 nitrogen and oxygen atoms in total. The smallest absolute Gasteiger partial charge is 0.229 e. The van der Waals surface area contributed by atoms with Crippen molar-refractivity contribution in [1.29, 1.82) is 0 Å². The topological polar surface area (TPSA) is 58.1 Å². The molecule has 0 unspecified atom stereocenters. The molecule has 3 rings (SSSR count). The number of nitrogens with zero attached hydrogens (tertiary/aromatic N) is 3. The molecule has 1 aromatic heterocycles. The molecule has 2 aromatic rings. The minimum atomic E-state index is -0.0130. The Morgan fingerprint density at radius 3 is 2.81 bits per heavy atom. The maximum Gasteiger partial charge on any atom is 0.229 e. The van der Waals surface area contributed by atoms with Gasteiger partial charge in [-0.1, -0.05) is 18.2 Å². The van der Waals surface area contributed by atoms with Crippen LogP contribution in [0.3, 0.4) is 0 Å². The highest BCUT2D eigenvalue weighted by Gasteiger charge is 2.26. The highest BCUT2D eigenvalue weighted by Crippen LogP contribution is 2.22. The van der Waals surface area contributed by atoms with Crippen molar-refractivity contribution in [2.24, 2.45) is 5.92 Å². The Morgan fingerprint density at radius 2 is 2.05 bits per heavy atom. The van der Waals surface area contributed by atoms with Crippen molar-refractivity contribution in [3.05, 3.63) is 48.7 Å². The van der Waals surface area contributed by atoms with E-state index in [0.717, 1.165) is 30.9 Å². The summed E-state index contributed by atoms with van der Waals surface area (Å²) in [5.74, 6) is 0.908. The number of carbonyl (C=O) groups is 1. The molecule has 1 saturated heterocycles. The standard InChI is InChI=1S/C16H18N4O/c21-16(18-14-7-2-1-3-8-14)13-6-5-11-20(12-13)15-9-4-10-17-19-15/h1-4,7-10,13H,5-6,11-12H2,(H,18,21)/t13-/m1/s1. The number of hydrogen-bond donors (Lipinski definition) is 1. The van der Waals surface area contributed by atoms with Crippen LogP contribution in [0.2, 0.25) is 0 Å². The van der Waals surface area contributed by atoms with Gasteiger partial charge in [-0.15, -0.1) is 5.10 Å². The van der Waals surface area contributed by atoms with Crippen molar-refractivity contribution < 1.29 is 4.79 Å². The second-order valence-corrected chi connectivity index (χ2v) is 5.22. The van der Waals surface area contributed by atoms with Crippen LogP contribution >= 0.6 is 0 Å². The van der Waals surface area contributed by atoms with Crippen LogP contribution in [0.15, 0.2) is 48.7 Å². The highest BCUT2D eigenvalue weighted by atomic mass is 16.1. The van der Waals surface area contributed by atoms with Gasteiger partial charge in [0.05, 0.1) is 5.92 Å². The number of para-hydroxylation sites is 1. The van der Waals surface area contributed by atoms with Crippen LogP contribution in [0.1, 0.15) is 12.8 Å². The van der Waals surface area contributed by atoms with Gasteiger partial charge in [0.2, 0.25) is 5.91 Å². The van der Waals surface area contributed by atoms with Gasteiger partial charge in [-0.2, -0.15) is 5.10 Å². The summed E-state index contributed by atoms with van der Waals surface area (Å²) in [6, 6.07) is 13.4. The Bertz CT molecular complexity index is 588. The van der Waals surface area contributed by atoms with Crippen LogP contribution in [-0.4, -0.2) is 29.2 Å². The van der Waals surface area contributed by atoms with E-state index in [4.69, 9.17) is 0 Å². The van der Waals surface area contributed by atoms with E-state index in [2.05, 4.69) is 20.4 Å². The average Bonchev–Trinajstić information content (AvgIpc) is 2.57. The number of anilines is 2. The summed E-state index contributed by atoms with van der Waals surface area (Å²) < 4.78 is 0. The van der Waals surface area contributed by atoms with Crippen LogP contribution in [0.5, 0.6) is 0 Å². The van der Waals surface area contributed by atoms with Gasteiger partial charge < -0.3 is 10.2 Å². The lowest BCUT2D eigenvalue weighted by molar-refractivity contribution is -0.120. The number of benzene rings is 1. The molecule has 21 heavy (non-hydrogen) atoms. The lowest BCUT2D eigenvalue weighted by Gasteiger charge is -2.32. The molecule has 0 bridgehead atoms. The van der Waals surface area contributed by atoms with Crippen LogP contribution in [-0.2, 0) is 4.79 Å². The number of piperidine rings is 1. The van der Waals surface area contributed by atoms with Crippen molar-refractivity contribution in [3.63, 3.8) is 0 Å². The average molecular weight is 282 g/mol. The second kappa shape index (κ2) is 6.35. The zero-order valence-electron chi connectivity index (χ0n) is 11.8. The van der Waals surface area contributed by atoms with Gasteiger partial charge in [0.25, 0.3) is 0 Å². The molecule has 1 fully saturated rings. The molecule has 2 heterocycles. The predicted molar refractivity (Wildman–Crippen MR) is 82.0 cm³/mol. The van der Waals surface area contributed by atoms with E-state index < -0.39 is 0 Å². The molecule has 0 spiro atoms. The van der Waals surface area contributed by atoms with Crippen molar-refractivity contribution in [2.45, 2.75) is 12.8 Å². The second-order valence-electron chi connectivity index (χ2n) is 5.22. The van der Waals surface area contributed by atoms with E-state index in [1.54, 1.807) is 6.20 Å². The molecule has 1 N–H and O–H groups in total. The Morgan fingerprint density at radius 1 is 1.19 bits per heavy atom. The van der Waals surface area contributed by atoms with Crippen molar-refractivity contribution in [1.82, 2.24) is 10.2 Å². The van der Waals surface area contributed by atoms with E-state index in [1.165, 1.54) is 0 Å². The van der Waals surface area contributed by atoms with Gasteiger partial charge in [0, 0.05) is 25.0 Å². The van der Waals surface area contributed by atoms with Crippen molar-refractivity contribution >= 4 is 17.4 Å². The molecule has 1 atom stereocenters. The summed E-state index contributed by atoms with van der Waals surface area (Å²) in [7, 11) is 0. The van der Waals surface area contributed by atoms with Crippen LogP contribution in [0, 0.1) is 5.92 Å². The van der Waals surface area contributed by atoms with E-state index in [-0.39, 0.29) is 11.8 Å². The first-order chi connectivity index (χ1) is 10.3. The number of aromatic nitrogens is 2. The van der Waals surface area contributed by atoms with Gasteiger partial charge in [0.15, 0.2) is 5.82 Å². The molecule has 1 aliphatic heterocycles. The van der Waals surface area contributed by atoms with Crippen molar-refractivity contribution in [2.75, 3.05) is 23.3 Å². The highest BCUT2D eigenvalue weighted by molar-refractivity contribution is 5.93. The molecule has 0 saturated carbocycles. The fourth-order valence-corrected chi connectivity index (χ4v) is 2.63. The quantitative estimate of drug-likeness (QED) is 0.938. The largest absolute Gasteiger partial charge is 0.354 e. The van der Waals surface area contributed by atoms with E-state index in [9.17, 15) is 4.79 Å². The first kappa shape index (κ1) is 13.5. The maximum atomic E-state index is 12.4. The summed E-state index contributed by atoms with van der Waals surface area (Å²) in [5.41, 5.74) is 0.846. The summed E-state index contributed by atoms with van der Waals surface area (Å²) in [6.07, 6.45) is 3.56. The summed E-state index contributed by atoms with van der Waals surface area (Å²) in [6.45, 7) is 1.62. The van der Waals surface area contributed by atoms with Gasteiger partial charge in [-0.25, -0.2) is 0 Å². The molecule has 1 amide bonds. The van der Waals surface area contributed by atoms with Crippen molar-refractivity contribution in [3.8, 4) is 0 Å². The fraction of sp³-hybridized carbons (Fsp3) is 0.312. The van der Waals surface area contributed by atoms with Gasteiger partial charge in [-0.3, -0.25) is 4.79 Å². The fourth-order valence-electron chi connectivity index (χ4n) is 2.63. The Hall–Kier alpha value is -2.43. The third-order valence-electron chi connectivity index (χ3n) is 3.72. The first-order valence-electron chi connectivity index (χ1n) is 7.21. The van der Waals surface area contributed by atoms with E-state index in [1.807, 2.05) is 42.5 Å². The molecule has 1 aliphatic rings. The number of carbonyl (C=O) groups excluding carboxylic acids is 1. The molecular formula is C16H18N4O. The number of nitrogens with one attached hydrogen (secondary N) is 1. The van der Waals surface area contributed by atoms with Crippen LogP contribution in [0.4, 0.5) is 11.5 Å². The lowest BCUT2D eigenvalue weighted by Crippen LogP contribution is -2.41. The third kappa shape index (κ3) is 3.37. The number of rotatable bonds is 3. The molecule has 108 valence electrons. The summed E-state index contributed by atoms with van der Waals surface area (Å²) in [5, 5.41) is 11.0. The zero-order chi connectivity index (χ0) is 14.5. The minimum Gasteiger partial charge on any atom is -0.354 e. The SMILES string of the molecule is O=C(Nc1ccccc1)[C@@H]1CCCN(c2cccnn2)C1. The molecule has 0 aliphatic carbocycles. The van der Waals surface area contributed by atoms with E-state index >= 15 is 0 Å². The zero-order valence-corrected chi connectivity index (χ0v) is 11.8. The molecule has 5 heteroatoms. The summed E-state index contributed by atoms with van der Waals surface area (Å²) >= 11 is 0. The Balaban J connectivity index is 1.64. The van der Waals surface area contributed by atoms with Crippen LogP contribution < -0.4 is 10.2 Å². The predicted octanol–water partition coefficient (Wildman–Crippen LogP) is 2.33. The van der Waals surface area contributed by atoms with Gasteiger partial charge in [-0.05, 0) is 37.1 Å². The maximum absolute atomic E-state index is 12.4. The number of hydrogen-bond acceptors (Lipinski definition) is 4. The summed E-state index contributed by atoms with van der Waals surface area (Å²) in [4.78, 5) is 14.5. The molecule has 1 aromatic carbocycles. The monoisotopic (exact) mass is 282 g/mol. The third-order valence-corrected chi connectivity index (χ3v) is 3.72. The molecular weight excluding hydrogens is 264 g/mol. The molecule has 0 radical (unpaired) electrons. The minimum absolute atomic E-state index is 0.0130. The lowest BCUT2D eigenvalue weighted by atomic mass is 9.97. The number of amides is 1. The van der Waals surface area contributed by atoms with Crippen LogP contribution in [0.25, 0.3) is 0 Å². The Kier molecular flexibility index (Phi) is 4.09.